The molecule has 1 fully saturated rings. The summed E-state index contributed by atoms with van der Waals surface area (Å²) in [5, 5.41) is 23.3. The SMILES string of the molecule is Cn1nnc(C2CCC(C(=O)O)N2)n1. The number of aryl methyl sites for hydroxylation is 1. The lowest BCUT2D eigenvalue weighted by Crippen LogP contribution is -2.32. The largest absolute Gasteiger partial charge is 0.480 e. The highest BCUT2D eigenvalue weighted by atomic mass is 16.4. The first-order valence-electron chi connectivity index (χ1n) is 4.39. The summed E-state index contributed by atoms with van der Waals surface area (Å²) >= 11 is 0. The molecule has 2 atom stereocenters. The summed E-state index contributed by atoms with van der Waals surface area (Å²) in [5.41, 5.74) is 0. The van der Waals surface area contributed by atoms with Crippen LogP contribution >= 0.6 is 0 Å². The molecule has 1 saturated heterocycles. The molecule has 2 rings (SSSR count). The molecule has 0 aromatic carbocycles. The van der Waals surface area contributed by atoms with Crippen molar-refractivity contribution in [2.45, 2.75) is 24.9 Å². The third kappa shape index (κ3) is 1.58. The monoisotopic (exact) mass is 197 g/mol. The van der Waals surface area contributed by atoms with Gasteiger partial charge in [-0.05, 0) is 18.1 Å². The highest BCUT2D eigenvalue weighted by Gasteiger charge is 2.31. The average Bonchev–Trinajstić information content (AvgIpc) is 2.70. The normalized spacial score (nSPS) is 26.6. The van der Waals surface area contributed by atoms with E-state index in [1.165, 1.54) is 4.80 Å². The average molecular weight is 197 g/mol. The summed E-state index contributed by atoms with van der Waals surface area (Å²) in [5.74, 6) is -0.257. The van der Waals surface area contributed by atoms with Gasteiger partial charge in [0.1, 0.15) is 6.04 Å². The van der Waals surface area contributed by atoms with Gasteiger partial charge in [-0.1, -0.05) is 0 Å². The van der Waals surface area contributed by atoms with Gasteiger partial charge in [-0.15, -0.1) is 10.2 Å². The van der Waals surface area contributed by atoms with E-state index in [9.17, 15) is 4.79 Å². The Labute approximate surface area is 80.1 Å². The smallest absolute Gasteiger partial charge is 0.320 e. The number of tetrazole rings is 1. The summed E-state index contributed by atoms with van der Waals surface area (Å²) in [6, 6.07) is -0.561. The lowest BCUT2D eigenvalue weighted by Gasteiger charge is -2.06. The van der Waals surface area contributed by atoms with Gasteiger partial charge in [0.25, 0.3) is 0 Å². The fourth-order valence-corrected chi connectivity index (χ4v) is 1.58. The Balaban J connectivity index is 2.05. The van der Waals surface area contributed by atoms with Gasteiger partial charge in [-0.25, -0.2) is 0 Å². The number of carboxylic acid groups (broad SMARTS) is 1. The van der Waals surface area contributed by atoms with Gasteiger partial charge in [0, 0.05) is 0 Å². The number of hydrogen-bond donors (Lipinski definition) is 2. The Bertz CT molecular complexity index is 350. The second-order valence-electron chi connectivity index (χ2n) is 3.32. The maximum absolute atomic E-state index is 10.7. The van der Waals surface area contributed by atoms with E-state index < -0.39 is 12.0 Å². The van der Waals surface area contributed by atoms with E-state index in [0.29, 0.717) is 12.2 Å². The fourth-order valence-electron chi connectivity index (χ4n) is 1.58. The van der Waals surface area contributed by atoms with Crippen molar-refractivity contribution in [3.8, 4) is 0 Å². The zero-order chi connectivity index (χ0) is 10.1. The minimum atomic E-state index is -0.823. The van der Waals surface area contributed by atoms with Crippen LogP contribution in [-0.2, 0) is 11.8 Å². The van der Waals surface area contributed by atoms with Crippen LogP contribution in [0.3, 0.4) is 0 Å². The first-order chi connectivity index (χ1) is 6.66. The summed E-state index contributed by atoms with van der Waals surface area (Å²) in [6.07, 6.45) is 1.35. The summed E-state index contributed by atoms with van der Waals surface area (Å²) in [4.78, 5) is 12.0. The molecular formula is C7H11N5O2. The molecule has 2 N–H and O–H groups in total. The first kappa shape index (κ1) is 9.07. The van der Waals surface area contributed by atoms with Crippen molar-refractivity contribution in [1.82, 2.24) is 25.5 Å². The van der Waals surface area contributed by atoms with Crippen LogP contribution in [0.5, 0.6) is 0 Å². The standard InChI is InChI=1S/C7H11N5O2/c1-12-10-6(9-11-12)4-2-3-5(8-4)7(13)14/h4-5,8H,2-3H2,1H3,(H,13,14). The van der Waals surface area contributed by atoms with Crippen LogP contribution in [0.25, 0.3) is 0 Å². The van der Waals surface area contributed by atoms with Gasteiger partial charge in [0.05, 0.1) is 13.1 Å². The number of aliphatic carboxylic acids is 1. The highest BCUT2D eigenvalue weighted by Crippen LogP contribution is 2.23. The van der Waals surface area contributed by atoms with Crippen molar-refractivity contribution < 1.29 is 9.90 Å². The number of carboxylic acids is 1. The number of aromatic nitrogens is 4. The molecule has 0 saturated carbocycles. The number of nitrogens with one attached hydrogen (secondary N) is 1. The molecule has 14 heavy (non-hydrogen) atoms. The van der Waals surface area contributed by atoms with E-state index in [4.69, 9.17) is 5.11 Å². The van der Waals surface area contributed by atoms with Crippen LogP contribution in [-0.4, -0.2) is 37.3 Å². The lowest BCUT2D eigenvalue weighted by atomic mass is 10.2. The van der Waals surface area contributed by atoms with Crippen molar-refractivity contribution in [3.05, 3.63) is 5.82 Å². The quantitative estimate of drug-likeness (QED) is 0.637. The highest BCUT2D eigenvalue weighted by molar-refractivity contribution is 5.73. The van der Waals surface area contributed by atoms with Crippen molar-refractivity contribution in [2.75, 3.05) is 0 Å². The zero-order valence-electron chi connectivity index (χ0n) is 7.71. The van der Waals surface area contributed by atoms with E-state index in [0.717, 1.165) is 6.42 Å². The van der Waals surface area contributed by atoms with Gasteiger partial charge in [-0.2, -0.15) is 4.80 Å². The van der Waals surface area contributed by atoms with E-state index in [-0.39, 0.29) is 6.04 Å². The van der Waals surface area contributed by atoms with Crippen molar-refractivity contribution in [1.29, 1.82) is 0 Å². The Hall–Kier alpha value is -1.50. The Morgan fingerprint density at radius 3 is 2.93 bits per heavy atom. The van der Waals surface area contributed by atoms with Crippen LogP contribution in [0.1, 0.15) is 24.7 Å². The van der Waals surface area contributed by atoms with E-state index in [1.807, 2.05) is 0 Å². The van der Waals surface area contributed by atoms with Crippen LogP contribution in [0, 0.1) is 0 Å². The van der Waals surface area contributed by atoms with Gasteiger partial charge < -0.3 is 5.11 Å². The molecule has 2 heterocycles. The molecule has 1 aliphatic heterocycles. The van der Waals surface area contributed by atoms with Crippen molar-refractivity contribution >= 4 is 5.97 Å². The summed E-state index contributed by atoms with van der Waals surface area (Å²) in [6.45, 7) is 0. The number of nitrogens with zero attached hydrogens (tertiary/aromatic N) is 4. The summed E-state index contributed by atoms with van der Waals surface area (Å²) in [7, 11) is 1.68. The number of hydrogen-bond acceptors (Lipinski definition) is 5. The van der Waals surface area contributed by atoms with Gasteiger partial charge in [-0.3, -0.25) is 10.1 Å². The Morgan fingerprint density at radius 1 is 1.64 bits per heavy atom. The molecule has 0 bridgehead atoms. The number of rotatable bonds is 2. The minimum absolute atomic E-state index is 0.0789. The van der Waals surface area contributed by atoms with E-state index in [2.05, 4.69) is 20.7 Å². The lowest BCUT2D eigenvalue weighted by molar-refractivity contribution is -0.139. The molecule has 76 valence electrons. The van der Waals surface area contributed by atoms with E-state index in [1.54, 1.807) is 7.05 Å². The van der Waals surface area contributed by atoms with Crippen LogP contribution in [0.2, 0.25) is 0 Å². The molecule has 2 unspecified atom stereocenters. The maximum atomic E-state index is 10.7. The molecule has 0 aliphatic carbocycles. The zero-order valence-corrected chi connectivity index (χ0v) is 7.71. The van der Waals surface area contributed by atoms with E-state index >= 15 is 0 Å². The molecule has 0 radical (unpaired) electrons. The molecule has 7 nitrogen and oxygen atoms in total. The summed E-state index contributed by atoms with van der Waals surface area (Å²) < 4.78 is 0. The first-order valence-corrected chi connectivity index (χ1v) is 4.39. The molecule has 1 aromatic rings. The second kappa shape index (κ2) is 3.33. The van der Waals surface area contributed by atoms with Gasteiger partial charge >= 0.3 is 5.97 Å². The third-order valence-electron chi connectivity index (χ3n) is 2.28. The second-order valence-corrected chi connectivity index (χ2v) is 3.32. The predicted molar refractivity (Wildman–Crippen MR) is 45.3 cm³/mol. The van der Waals surface area contributed by atoms with Crippen LogP contribution in [0.4, 0.5) is 0 Å². The third-order valence-corrected chi connectivity index (χ3v) is 2.28. The minimum Gasteiger partial charge on any atom is -0.480 e. The Kier molecular flexibility index (Phi) is 2.16. The van der Waals surface area contributed by atoms with Crippen molar-refractivity contribution in [2.24, 2.45) is 7.05 Å². The molecule has 1 aliphatic rings. The number of carbonyl (C=O) groups is 1. The van der Waals surface area contributed by atoms with Crippen molar-refractivity contribution in [3.63, 3.8) is 0 Å². The molecule has 7 heteroatoms. The topological polar surface area (TPSA) is 92.9 Å². The van der Waals surface area contributed by atoms with Crippen LogP contribution < -0.4 is 5.32 Å². The molecule has 1 aromatic heterocycles. The predicted octanol–water partition coefficient (Wildman–Crippen LogP) is -0.912. The maximum Gasteiger partial charge on any atom is 0.320 e. The molecular weight excluding hydrogens is 186 g/mol. The van der Waals surface area contributed by atoms with Crippen LogP contribution in [0.15, 0.2) is 0 Å². The molecule has 0 spiro atoms. The Morgan fingerprint density at radius 2 is 2.43 bits per heavy atom. The van der Waals surface area contributed by atoms with Gasteiger partial charge in [0.15, 0.2) is 5.82 Å². The molecule has 0 amide bonds. The fraction of sp³-hybridized carbons (Fsp3) is 0.714. The van der Waals surface area contributed by atoms with Gasteiger partial charge in [0.2, 0.25) is 0 Å².